The van der Waals surface area contributed by atoms with Crippen LogP contribution in [0.25, 0.3) is 0 Å². The van der Waals surface area contributed by atoms with E-state index in [1.165, 1.54) is 16.7 Å². The molecule has 17 heavy (non-hydrogen) atoms. The number of aryl methyl sites for hydroxylation is 2. The Labute approximate surface area is 110 Å². The van der Waals surface area contributed by atoms with Crippen molar-refractivity contribution >= 4 is 12.4 Å². The van der Waals surface area contributed by atoms with Gasteiger partial charge in [0.25, 0.3) is 0 Å². The van der Waals surface area contributed by atoms with Gasteiger partial charge in [0.2, 0.25) is 0 Å². The molecular formula is C14H20ClNO. The lowest BCUT2D eigenvalue weighted by Crippen LogP contribution is -2.05. The van der Waals surface area contributed by atoms with Gasteiger partial charge in [0.05, 0.1) is 6.54 Å². The van der Waals surface area contributed by atoms with Crippen molar-refractivity contribution in [2.24, 2.45) is 0 Å². The van der Waals surface area contributed by atoms with Crippen LogP contribution in [-0.2, 0) is 0 Å². The summed E-state index contributed by atoms with van der Waals surface area (Å²) in [6.45, 7) is 7.39. The Morgan fingerprint density at radius 1 is 1.12 bits per heavy atom. The average Bonchev–Trinajstić information content (AvgIpc) is 2.28. The Bertz CT molecular complexity index is 418. The SMILES string of the molecule is CNCC#CCOc1c(C)ccc(C)c1C.Cl. The largest absolute Gasteiger partial charge is 0.480 e. The number of ether oxygens (including phenoxy) is 1. The maximum Gasteiger partial charge on any atom is 0.149 e. The van der Waals surface area contributed by atoms with E-state index in [1.54, 1.807) is 0 Å². The van der Waals surface area contributed by atoms with Gasteiger partial charge >= 0.3 is 0 Å². The minimum Gasteiger partial charge on any atom is -0.480 e. The molecule has 1 rings (SSSR count). The molecule has 94 valence electrons. The molecule has 0 atom stereocenters. The third kappa shape index (κ3) is 4.68. The maximum atomic E-state index is 5.69. The fourth-order valence-electron chi connectivity index (χ4n) is 1.46. The minimum atomic E-state index is 0. The number of hydrogen-bond donors (Lipinski definition) is 1. The zero-order valence-electron chi connectivity index (χ0n) is 10.9. The zero-order valence-corrected chi connectivity index (χ0v) is 11.7. The standard InChI is InChI=1S/C14H19NO.ClH/c1-11-7-8-12(2)14(13(11)3)16-10-6-5-9-15-4;/h7-8,15H,9-10H2,1-4H3;1H. The third-order valence-corrected chi connectivity index (χ3v) is 2.55. The van der Waals surface area contributed by atoms with Crippen molar-refractivity contribution < 1.29 is 4.74 Å². The lowest BCUT2D eigenvalue weighted by molar-refractivity contribution is 0.364. The van der Waals surface area contributed by atoms with Gasteiger partial charge in [0.15, 0.2) is 0 Å². The van der Waals surface area contributed by atoms with Crippen molar-refractivity contribution in [3.05, 3.63) is 28.8 Å². The fraction of sp³-hybridized carbons (Fsp3) is 0.429. The first kappa shape index (κ1) is 15.8. The molecule has 0 heterocycles. The molecule has 1 aromatic rings. The van der Waals surface area contributed by atoms with Gasteiger partial charge in [0, 0.05) is 0 Å². The molecule has 0 saturated carbocycles. The van der Waals surface area contributed by atoms with Gasteiger partial charge in [-0.1, -0.05) is 24.0 Å². The van der Waals surface area contributed by atoms with Crippen LogP contribution < -0.4 is 10.1 Å². The predicted octanol–water partition coefficient (Wildman–Crippen LogP) is 2.64. The van der Waals surface area contributed by atoms with Gasteiger partial charge < -0.3 is 10.1 Å². The molecule has 1 aromatic carbocycles. The van der Waals surface area contributed by atoms with E-state index in [-0.39, 0.29) is 12.4 Å². The molecule has 0 saturated heterocycles. The van der Waals surface area contributed by atoms with Crippen LogP contribution in [0.15, 0.2) is 12.1 Å². The van der Waals surface area contributed by atoms with E-state index in [9.17, 15) is 0 Å². The topological polar surface area (TPSA) is 21.3 Å². The zero-order chi connectivity index (χ0) is 12.0. The monoisotopic (exact) mass is 253 g/mol. The van der Waals surface area contributed by atoms with Gasteiger partial charge in [-0.05, 0) is 44.5 Å². The molecule has 0 aliphatic carbocycles. The highest BCUT2D eigenvalue weighted by atomic mass is 35.5. The minimum absolute atomic E-state index is 0. The Morgan fingerprint density at radius 2 is 1.76 bits per heavy atom. The van der Waals surface area contributed by atoms with E-state index in [0.29, 0.717) is 13.2 Å². The summed E-state index contributed by atoms with van der Waals surface area (Å²) in [4.78, 5) is 0. The van der Waals surface area contributed by atoms with Crippen LogP contribution in [-0.4, -0.2) is 20.2 Å². The summed E-state index contributed by atoms with van der Waals surface area (Å²) in [6, 6.07) is 4.20. The lowest BCUT2D eigenvalue weighted by Gasteiger charge is -2.11. The van der Waals surface area contributed by atoms with Gasteiger partial charge in [0.1, 0.15) is 12.4 Å². The van der Waals surface area contributed by atoms with Gasteiger partial charge in [-0.3, -0.25) is 0 Å². The number of benzene rings is 1. The summed E-state index contributed by atoms with van der Waals surface area (Å²) >= 11 is 0. The van der Waals surface area contributed by atoms with E-state index < -0.39 is 0 Å². The third-order valence-electron chi connectivity index (χ3n) is 2.55. The van der Waals surface area contributed by atoms with Crippen LogP contribution in [0.5, 0.6) is 5.75 Å². The van der Waals surface area contributed by atoms with Crippen LogP contribution in [0.2, 0.25) is 0 Å². The molecule has 0 aromatic heterocycles. The van der Waals surface area contributed by atoms with E-state index in [1.807, 2.05) is 7.05 Å². The molecule has 0 spiro atoms. The van der Waals surface area contributed by atoms with Crippen molar-refractivity contribution in [1.82, 2.24) is 5.32 Å². The first-order chi connectivity index (χ1) is 7.66. The first-order valence-electron chi connectivity index (χ1n) is 5.46. The van der Waals surface area contributed by atoms with Crippen LogP contribution in [0.4, 0.5) is 0 Å². The van der Waals surface area contributed by atoms with Crippen LogP contribution in [0.1, 0.15) is 16.7 Å². The van der Waals surface area contributed by atoms with Gasteiger partial charge in [-0.2, -0.15) is 0 Å². The highest BCUT2D eigenvalue weighted by molar-refractivity contribution is 5.85. The molecule has 3 heteroatoms. The van der Waals surface area contributed by atoms with Gasteiger partial charge in [-0.15, -0.1) is 12.4 Å². The molecule has 0 aliphatic heterocycles. The van der Waals surface area contributed by atoms with Crippen molar-refractivity contribution in [2.45, 2.75) is 20.8 Å². The molecule has 0 bridgehead atoms. The second-order valence-electron chi connectivity index (χ2n) is 3.83. The fourth-order valence-corrected chi connectivity index (χ4v) is 1.46. The van der Waals surface area contributed by atoms with E-state index in [4.69, 9.17) is 4.74 Å². The molecule has 0 aliphatic rings. The normalized spacial score (nSPS) is 8.94. The van der Waals surface area contributed by atoms with Crippen molar-refractivity contribution in [3.8, 4) is 17.6 Å². The molecule has 0 amide bonds. The average molecular weight is 254 g/mol. The molecule has 0 fully saturated rings. The Hall–Kier alpha value is -1.17. The van der Waals surface area contributed by atoms with Crippen LogP contribution in [0.3, 0.4) is 0 Å². The molecule has 1 N–H and O–H groups in total. The number of nitrogens with one attached hydrogen (secondary N) is 1. The Morgan fingerprint density at radius 3 is 2.41 bits per heavy atom. The number of rotatable bonds is 3. The summed E-state index contributed by atoms with van der Waals surface area (Å²) in [5, 5.41) is 2.97. The maximum absolute atomic E-state index is 5.69. The van der Waals surface area contributed by atoms with E-state index >= 15 is 0 Å². The lowest BCUT2D eigenvalue weighted by atomic mass is 10.1. The summed E-state index contributed by atoms with van der Waals surface area (Å²) in [6.07, 6.45) is 0. The predicted molar refractivity (Wildman–Crippen MR) is 75.1 cm³/mol. The smallest absolute Gasteiger partial charge is 0.149 e. The highest BCUT2D eigenvalue weighted by Gasteiger charge is 2.04. The summed E-state index contributed by atoms with van der Waals surface area (Å²) < 4.78 is 5.69. The number of hydrogen-bond acceptors (Lipinski definition) is 2. The summed E-state index contributed by atoms with van der Waals surface area (Å²) in [5.74, 6) is 6.92. The molecule has 0 unspecified atom stereocenters. The van der Waals surface area contributed by atoms with Crippen molar-refractivity contribution in [1.29, 1.82) is 0 Å². The molecule has 2 nitrogen and oxygen atoms in total. The van der Waals surface area contributed by atoms with Crippen LogP contribution >= 0.6 is 12.4 Å². The van der Waals surface area contributed by atoms with Crippen molar-refractivity contribution in [3.63, 3.8) is 0 Å². The molecule has 0 radical (unpaired) electrons. The quantitative estimate of drug-likeness (QED) is 0.837. The van der Waals surface area contributed by atoms with E-state index in [2.05, 4.69) is 50.1 Å². The molecular weight excluding hydrogens is 234 g/mol. The highest BCUT2D eigenvalue weighted by Crippen LogP contribution is 2.25. The van der Waals surface area contributed by atoms with Crippen LogP contribution in [0, 0.1) is 32.6 Å². The van der Waals surface area contributed by atoms with E-state index in [0.717, 1.165) is 5.75 Å². The summed E-state index contributed by atoms with van der Waals surface area (Å²) in [7, 11) is 1.88. The number of halogens is 1. The summed E-state index contributed by atoms with van der Waals surface area (Å²) in [5.41, 5.74) is 3.62. The Kier molecular flexibility index (Phi) is 7.45. The second kappa shape index (κ2) is 8.00. The van der Waals surface area contributed by atoms with Crippen molar-refractivity contribution in [2.75, 3.05) is 20.2 Å². The Balaban J connectivity index is 0.00000256. The first-order valence-corrected chi connectivity index (χ1v) is 5.46. The van der Waals surface area contributed by atoms with Gasteiger partial charge in [-0.25, -0.2) is 0 Å². The second-order valence-corrected chi connectivity index (χ2v) is 3.83.